The molecule has 3 heteroatoms. The number of hydrogen-bond donors (Lipinski definition) is 0. The zero-order valence-electron chi connectivity index (χ0n) is 14.4. The first-order valence-electron chi connectivity index (χ1n) is 8.15. The minimum absolute atomic E-state index is 0.588. The minimum Gasteiger partial charge on any atom is -0.491 e. The molecule has 2 rings (SSSR count). The lowest BCUT2D eigenvalue weighted by Crippen LogP contribution is -2.23. The molecule has 0 fully saturated rings. The largest absolute Gasteiger partial charge is 0.491 e. The SMILES string of the molecule is Cc1ccc(OCCOCCN(C)Cc2ccccc2)cc1C. The molecule has 0 N–H and O–H groups in total. The number of benzene rings is 2. The molecule has 124 valence electrons. The third kappa shape index (κ3) is 6.43. The fourth-order valence-corrected chi connectivity index (χ4v) is 2.32. The summed E-state index contributed by atoms with van der Waals surface area (Å²) in [4.78, 5) is 2.26. The van der Waals surface area contributed by atoms with Crippen LogP contribution in [-0.2, 0) is 11.3 Å². The Bertz CT molecular complexity index is 583. The van der Waals surface area contributed by atoms with Gasteiger partial charge in [0.15, 0.2) is 0 Å². The zero-order valence-corrected chi connectivity index (χ0v) is 14.4. The summed E-state index contributed by atoms with van der Waals surface area (Å²) in [5, 5.41) is 0. The summed E-state index contributed by atoms with van der Waals surface area (Å²) in [6, 6.07) is 16.7. The van der Waals surface area contributed by atoms with Crippen LogP contribution >= 0.6 is 0 Å². The van der Waals surface area contributed by atoms with Gasteiger partial charge in [0.2, 0.25) is 0 Å². The van der Waals surface area contributed by atoms with E-state index < -0.39 is 0 Å². The summed E-state index contributed by atoms with van der Waals surface area (Å²) in [7, 11) is 2.11. The van der Waals surface area contributed by atoms with Crippen molar-refractivity contribution < 1.29 is 9.47 Å². The highest BCUT2D eigenvalue weighted by Gasteiger charge is 2.00. The Balaban J connectivity index is 1.56. The number of hydrogen-bond acceptors (Lipinski definition) is 3. The Hall–Kier alpha value is -1.84. The molecule has 0 saturated carbocycles. The molecule has 0 aromatic heterocycles. The highest BCUT2D eigenvalue weighted by Crippen LogP contribution is 2.16. The van der Waals surface area contributed by atoms with Crippen molar-refractivity contribution in [3.63, 3.8) is 0 Å². The average Bonchev–Trinajstić information content (AvgIpc) is 2.55. The van der Waals surface area contributed by atoms with Crippen molar-refractivity contribution in [1.29, 1.82) is 0 Å². The van der Waals surface area contributed by atoms with Crippen molar-refractivity contribution >= 4 is 0 Å². The van der Waals surface area contributed by atoms with E-state index in [9.17, 15) is 0 Å². The third-order valence-corrected chi connectivity index (χ3v) is 3.89. The van der Waals surface area contributed by atoms with Crippen LogP contribution in [0, 0.1) is 13.8 Å². The van der Waals surface area contributed by atoms with Crippen LogP contribution in [0.2, 0.25) is 0 Å². The van der Waals surface area contributed by atoms with Gasteiger partial charge in [-0.2, -0.15) is 0 Å². The zero-order chi connectivity index (χ0) is 16.5. The first-order chi connectivity index (χ1) is 11.1. The van der Waals surface area contributed by atoms with Crippen molar-refractivity contribution in [3.05, 3.63) is 65.2 Å². The van der Waals surface area contributed by atoms with Crippen LogP contribution in [0.1, 0.15) is 16.7 Å². The maximum Gasteiger partial charge on any atom is 0.119 e. The molecule has 0 bridgehead atoms. The first-order valence-corrected chi connectivity index (χ1v) is 8.15. The third-order valence-electron chi connectivity index (χ3n) is 3.89. The van der Waals surface area contributed by atoms with Gasteiger partial charge in [0.05, 0.1) is 13.2 Å². The maximum absolute atomic E-state index is 5.71. The van der Waals surface area contributed by atoms with Gasteiger partial charge >= 0.3 is 0 Å². The molecule has 0 radical (unpaired) electrons. The van der Waals surface area contributed by atoms with Crippen LogP contribution in [-0.4, -0.2) is 38.3 Å². The van der Waals surface area contributed by atoms with E-state index >= 15 is 0 Å². The normalized spacial score (nSPS) is 11.0. The Morgan fingerprint density at radius 2 is 1.65 bits per heavy atom. The van der Waals surface area contributed by atoms with Gasteiger partial charge in [-0.25, -0.2) is 0 Å². The van der Waals surface area contributed by atoms with Crippen molar-refractivity contribution in [2.45, 2.75) is 20.4 Å². The smallest absolute Gasteiger partial charge is 0.119 e. The summed E-state index contributed by atoms with van der Waals surface area (Å²) in [6.45, 7) is 7.99. The molecule has 2 aromatic carbocycles. The average molecular weight is 313 g/mol. The van der Waals surface area contributed by atoms with Crippen LogP contribution in [0.15, 0.2) is 48.5 Å². The highest BCUT2D eigenvalue weighted by atomic mass is 16.5. The molecule has 2 aromatic rings. The lowest BCUT2D eigenvalue weighted by atomic mass is 10.1. The van der Waals surface area contributed by atoms with E-state index in [2.05, 4.69) is 62.2 Å². The topological polar surface area (TPSA) is 21.7 Å². The maximum atomic E-state index is 5.71. The fourth-order valence-electron chi connectivity index (χ4n) is 2.32. The number of likely N-dealkylation sites (N-methyl/N-ethyl adjacent to an activating group) is 1. The van der Waals surface area contributed by atoms with Crippen molar-refractivity contribution in [3.8, 4) is 5.75 Å². The van der Waals surface area contributed by atoms with Crippen LogP contribution < -0.4 is 4.74 Å². The summed E-state index contributed by atoms with van der Waals surface area (Å²) < 4.78 is 11.4. The number of rotatable bonds is 9. The van der Waals surface area contributed by atoms with Crippen molar-refractivity contribution in [2.75, 3.05) is 33.4 Å². The quantitative estimate of drug-likeness (QED) is 0.657. The summed E-state index contributed by atoms with van der Waals surface area (Å²) >= 11 is 0. The Morgan fingerprint density at radius 3 is 2.39 bits per heavy atom. The number of aryl methyl sites for hydroxylation is 2. The van der Waals surface area contributed by atoms with Gasteiger partial charge in [-0.3, -0.25) is 4.90 Å². The van der Waals surface area contributed by atoms with Crippen molar-refractivity contribution in [1.82, 2.24) is 4.90 Å². The molecule has 0 unspecified atom stereocenters. The van der Waals surface area contributed by atoms with E-state index in [1.165, 1.54) is 16.7 Å². The molecule has 23 heavy (non-hydrogen) atoms. The second-order valence-corrected chi connectivity index (χ2v) is 5.93. The highest BCUT2D eigenvalue weighted by molar-refractivity contribution is 5.33. The molecule has 0 saturated heterocycles. The fraction of sp³-hybridized carbons (Fsp3) is 0.400. The lowest BCUT2D eigenvalue weighted by molar-refractivity contribution is 0.0836. The van der Waals surface area contributed by atoms with Gasteiger partial charge in [0, 0.05) is 13.1 Å². The van der Waals surface area contributed by atoms with E-state index in [0.29, 0.717) is 13.2 Å². The Morgan fingerprint density at radius 1 is 0.870 bits per heavy atom. The molecule has 0 atom stereocenters. The van der Waals surface area contributed by atoms with Gasteiger partial charge in [-0.05, 0) is 49.7 Å². The van der Waals surface area contributed by atoms with E-state index in [0.717, 1.165) is 25.4 Å². The Labute approximate surface area is 139 Å². The number of ether oxygens (including phenoxy) is 2. The van der Waals surface area contributed by atoms with Crippen molar-refractivity contribution in [2.24, 2.45) is 0 Å². The van der Waals surface area contributed by atoms with Crippen LogP contribution in [0.4, 0.5) is 0 Å². The summed E-state index contributed by atoms with van der Waals surface area (Å²) in [6.07, 6.45) is 0. The summed E-state index contributed by atoms with van der Waals surface area (Å²) in [5.41, 5.74) is 3.87. The second-order valence-electron chi connectivity index (χ2n) is 5.93. The molecular weight excluding hydrogens is 286 g/mol. The first kappa shape index (κ1) is 17.5. The second kappa shape index (κ2) is 9.33. The molecule has 3 nitrogen and oxygen atoms in total. The molecule has 0 aliphatic rings. The monoisotopic (exact) mass is 313 g/mol. The molecular formula is C20H27NO2. The van der Waals surface area contributed by atoms with Gasteiger partial charge < -0.3 is 9.47 Å². The van der Waals surface area contributed by atoms with E-state index in [1.807, 2.05) is 12.1 Å². The minimum atomic E-state index is 0.588. The predicted molar refractivity (Wildman–Crippen MR) is 95.0 cm³/mol. The van der Waals surface area contributed by atoms with Gasteiger partial charge in [0.1, 0.15) is 12.4 Å². The van der Waals surface area contributed by atoms with Crippen LogP contribution in [0.5, 0.6) is 5.75 Å². The standard InChI is InChI=1S/C20H27NO2/c1-17-9-10-20(15-18(17)2)23-14-13-22-12-11-21(3)16-19-7-5-4-6-8-19/h4-10,15H,11-14,16H2,1-3H3. The summed E-state index contributed by atoms with van der Waals surface area (Å²) in [5.74, 6) is 0.915. The lowest BCUT2D eigenvalue weighted by Gasteiger charge is -2.16. The van der Waals surface area contributed by atoms with Gasteiger partial charge in [-0.1, -0.05) is 36.4 Å². The molecule has 0 spiro atoms. The Kier molecular flexibility index (Phi) is 7.11. The van der Waals surface area contributed by atoms with Crippen LogP contribution in [0.25, 0.3) is 0 Å². The number of nitrogens with zero attached hydrogens (tertiary/aromatic N) is 1. The molecule has 0 heterocycles. The molecule has 0 amide bonds. The van der Waals surface area contributed by atoms with Gasteiger partial charge in [0.25, 0.3) is 0 Å². The van der Waals surface area contributed by atoms with E-state index in [-0.39, 0.29) is 0 Å². The van der Waals surface area contributed by atoms with E-state index in [4.69, 9.17) is 9.47 Å². The van der Waals surface area contributed by atoms with Gasteiger partial charge in [-0.15, -0.1) is 0 Å². The molecule has 0 aliphatic carbocycles. The van der Waals surface area contributed by atoms with E-state index in [1.54, 1.807) is 0 Å². The van der Waals surface area contributed by atoms with Crippen LogP contribution in [0.3, 0.4) is 0 Å². The predicted octanol–water partition coefficient (Wildman–Crippen LogP) is 3.83. The molecule has 0 aliphatic heterocycles.